The van der Waals surface area contributed by atoms with Crippen LogP contribution in [0.25, 0.3) is 21.3 Å². The van der Waals surface area contributed by atoms with Gasteiger partial charge in [-0.3, -0.25) is 4.79 Å². The maximum atomic E-state index is 12.1. The van der Waals surface area contributed by atoms with Gasteiger partial charge in [-0.1, -0.05) is 23.7 Å². The van der Waals surface area contributed by atoms with E-state index in [1.165, 1.54) is 5.56 Å². The number of nitrogens with zero attached hydrogens (tertiary/aromatic N) is 1. The largest absolute Gasteiger partial charge is 0.465 e. The molecule has 3 rings (SSSR count). The molecule has 0 bridgehead atoms. The van der Waals surface area contributed by atoms with E-state index in [-0.39, 0.29) is 5.97 Å². The third-order valence-corrected chi connectivity index (χ3v) is 5.40. The minimum Gasteiger partial charge on any atom is -0.465 e. The molecule has 0 amide bonds. The Morgan fingerprint density at radius 1 is 1.13 bits per heavy atom. The molecule has 2 aromatic carbocycles. The van der Waals surface area contributed by atoms with Gasteiger partial charge in [0, 0.05) is 17.0 Å². The Bertz CT molecular complexity index is 1020. The number of thiazole rings is 1. The summed E-state index contributed by atoms with van der Waals surface area (Å²) in [6.07, 6.45) is 0.666. The van der Waals surface area contributed by atoms with Crippen molar-refractivity contribution in [3.05, 3.63) is 52.0 Å². The standard InChI is InChI=1S/C21H22ClNO2S.C4H10O/c1-13-11-17-19(26-12-23-17)18(14-5-7-15(22)8-6-14)16(13)9-10-25-20(24)21(2,3)4;1-4(2,3)5/h5-8,11-12H,9-10H2,1-4H3;5H,1-3H3. The average Bonchev–Trinajstić information content (AvgIpc) is 3.08. The van der Waals surface area contributed by atoms with E-state index in [1.54, 1.807) is 32.1 Å². The molecule has 168 valence electrons. The summed E-state index contributed by atoms with van der Waals surface area (Å²) in [5, 5.41) is 9.23. The zero-order chi connectivity index (χ0) is 23.4. The first-order valence-electron chi connectivity index (χ1n) is 10.3. The van der Waals surface area contributed by atoms with E-state index in [1.807, 2.05) is 50.5 Å². The number of halogens is 1. The van der Waals surface area contributed by atoms with Crippen molar-refractivity contribution < 1.29 is 14.6 Å². The number of aliphatic hydroxyl groups is 1. The lowest BCUT2D eigenvalue weighted by molar-refractivity contribution is -0.152. The fourth-order valence-corrected chi connectivity index (χ4v) is 3.87. The molecular weight excluding hydrogens is 430 g/mol. The predicted octanol–water partition coefficient (Wildman–Crippen LogP) is 6.83. The summed E-state index contributed by atoms with van der Waals surface area (Å²) in [5.74, 6) is -0.179. The van der Waals surface area contributed by atoms with Gasteiger partial charge in [-0.25, -0.2) is 4.98 Å². The molecule has 0 atom stereocenters. The summed E-state index contributed by atoms with van der Waals surface area (Å²) >= 11 is 7.69. The SMILES string of the molecule is CC(C)(C)O.Cc1cc2ncsc2c(-c2ccc(Cl)cc2)c1CCOC(=O)C(C)(C)C. The van der Waals surface area contributed by atoms with Crippen molar-refractivity contribution in [1.29, 1.82) is 0 Å². The quantitative estimate of drug-likeness (QED) is 0.432. The van der Waals surface area contributed by atoms with Crippen LogP contribution in [-0.2, 0) is 16.0 Å². The number of hydrogen-bond donors (Lipinski definition) is 1. The molecule has 6 heteroatoms. The zero-order valence-corrected chi connectivity index (χ0v) is 20.9. The van der Waals surface area contributed by atoms with E-state index in [4.69, 9.17) is 21.4 Å². The number of aromatic nitrogens is 1. The first kappa shape index (κ1) is 25.3. The summed E-state index contributed by atoms with van der Waals surface area (Å²) in [6, 6.07) is 9.96. The number of hydrogen-bond acceptors (Lipinski definition) is 5. The maximum Gasteiger partial charge on any atom is 0.311 e. The highest BCUT2D eigenvalue weighted by Gasteiger charge is 2.23. The van der Waals surface area contributed by atoms with Crippen molar-refractivity contribution in [3.8, 4) is 11.1 Å². The minimum atomic E-state index is -0.500. The van der Waals surface area contributed by atoms with Crippen molar-refractivity contribution in [2.75, 3.05) is 6.61 Å². The summed E-state index contributed by atoms with van der Waals surface area (Å²) in [4.78, 5) is 16.5. The number of esters is 1. The summed E-state index contributed by atoms with van der Waals surface area (Å²) < 4.78 is 6.64. The van der Waals surface area contributed by atoms with Crippen LogP contribution < -0.4 is 0 Å². The van der Waals surface area contributed by atoms with E-state index < -0.39 is 11.0 Å². The highest BCUT2D eigenvalue weighted by atomic mass is 35.5. The van der Waals surface area contributed by atoms with Gasteiger partial charge in [-0.15, -0.1) is 11.3 Å². The molecule has 3 aromatic rings. The normalized spacial score (nSPS) is 11.8. The van der Waals surface area contributed by atoms with Crippen molar-refractivity contribution in [2.24, 2.45) is 5.41 Å². The molecule has 0 saturated heterocycles. The zero-order valence-electron chi connectivity index (χ0n) is 19.4. The topological polar surface area (TPSA) is 59.4 Å². The van der Waals surface area contributed by atoms with Crippen molar-refractivity contribution in [3.63, 3.8) is 0 Å². The summed E-state index contributed by atoms with van der Waals surface area (Å²) in [5.41, 5.74) is 6.47. The molecule has 0 saturated carbocycles. The molecule has 0 aliphatic rings. The van der Waals surface area contributed by atoms with Crippen LogP contribution >= 0.6 is 22.9 Å². The van der Waals surface area contributed by atoms with Gasteiger partial charge in [0.2, 0.25) is 0 Å². The van der Waals surface area contributed by atoms with E-state index >= 15 is 0 Å². The average molecular weight is 462 g/mol. The Hall–Kier alpha value is -1.95. The van der Waals surface area contributed by atoms with Crippen molar-refractivity contribution in [1.82, 2.24) is 4.98 Å². The second kappa shape index (κ2) is 10.1. The van der Waals surface area contributed by atoms with Gasteiger partial charge in [-0.05, 0) is 83.4 Å². The summed E-state index contributed by atoms with van der Waals surface area (Å²) in [7, 11) is 0. The first-order chi connectivity index (χ1) is 14.3. The molecule has 0 unspecified atom stereocenters. The van der Waals surface area contributed by atoms with Crippen LogP contribution in [0.15, 0.2) is 35.8 Å². The highest BCUT2D eigenvalue weighted by Crippen LogP contribution is 2.37. The molecule has 0 aliphatic heterocycles. The number of rotatable bonds is 4. The third kappa shape index (κ3) is 7.60. The van der Waals surface area contributed by atoms with Gasteiger partial charge in [0.25, 0.3) is 0 Å². The van der Waals surface area contributed by atoms with E-state index in [0.717, 1.165) is 26.9 Å². The number of aryl methyl sites for hydroxylation is 1. The Morgan fingerprint density at radius 3 is 2.26 bits per heavy atom. The maximum absolute atomic E-state index is 12.1. The van der Waals surface area contributed by atoms with E-state index in [0.29, 0.717) is 18.1 Å². The van der Waals surface area contributed by atoms with Gasteiger partial charge in [0.1, 0.15) is 0 Å². The Morgan fingerprint density at radius 2 is 1.71 bits per heavy atom. The molecule has 0 spiro atoms. The van der Waals surface area contributed by atoms with Crippen LogP contribution in [-0.4, -0.2) is 28.3 Å². The fraction of sp³-hybridized carbons (Fsp3) is 0.440. The molecule has 31 heavy (non-hydrogen) atoms. The molecule has 1 aromatic heterocycles. The van der Waals surface area contributed by atoms with Gasteiger partial charge in [0.15, 0.2) is 0 Å². The van der Waals surface area contributed by atoms with Gasteiger partial charge < -0.3 is 9.84 Å². The fourth-order valence-electron chi connectivity index (χ4n) is 2.88. The lowest BCUT2D eigenvalue weighted by atomic mass is 9.93. The Kier molecular flexibility index (Phi) is 8.26. The third-order valence-electron chi connectivity index (χ3n) is 4.28. The molecule has 0 fully saturated rings. The Labute approximate surface area is 194 Å². The molecule has 4 nitrogen and oxygen atoms in total. The number of carbonyl (C=O) groups excluding carboxylic acids is 1. The van der Waals surface area contributed by atoms with Crippen molar-refractivity contribution in [2.45, 2.75) is 60.5 Å². The van der Waals surface area contributed by atoms with Gasteiger partial charge >= 0.3 is 5.97 Å². The predicted molar refractivity (Wildman–Crippen MR) is 131 cm³/mol. The number of ether oxygens (including phenoxy) is 1. The van der Waals surface area contributed by atoms with Crippen LogP contribution in [0.3, 0.4) is 0 Å². The first-order valence-corrected chi connectivity index (χ1v) is 11.5. The number of fused-ring (bicyclic) bond motifs is 1. The second-order valence-corrected chi connectivity index (χ2v) is 10.9. The Balaban J connectivity index is 0.000000614. The number of carbonyl (C=O) groups is 1. The highest BCUT2D eigenvalue weighted by molar-refractivity contribution is 7.17. The van der Waals surface area contributed by atoms with E-state index in [2.05, 4.69) is 18.0 Å². The van der Waals surface area contributed by atoms with Gasteiger partial charge in [0.05, 0.1) is 33.4 Å². The molecule has 1 N–H and O–H groups in total. The van der Waals surface area contributed by atoms with Crippen molar-refractivity contribution >= 4 is 39.1 Å². The van der Waals surface area contributed by atoms with E-state index in [9.17, 15) is 4.79 Å². The van der Waals surface area contributed by atoms with Crippen LogP contribution in [0.5, 0.6) is 0 Å². The monoisotopic (exact) mass is 461 g/mol. The molecule has 0 radical (unpaired) electrons. The molecule has 0 aliphatic carbocycles. The van der Waals surface area contributed by atoms with Crippen LogP contribution in [0.1, 0.15) is 52.7 Å². The summed E-state index contributed by atoms with van der Waals surface area (Å²) in [6.45, 7) is 13.3. The van der Waals surface area contributed by atoms with Gasteiger partial charge in [-0.2, -0.15) is 0 Å². The lowest BCUT2D eigenvalue weighted by Crippen LogP contribution is -2.23. The van der Waals surface area contributed by atoms with Crippen LogP contribution in [0.4, 0.5) is 0 Å². The second-order valence-electron chi connectivity index (χ2n) is 9.56. The molecular formula is C25H32ClNO3S. The number of benzene rings is 2. The van der Waals surface area contributed by atoms with Crippen LogP contribution in [0.2, 0.25) is 5.02 Å². The lowest BCUT2D eigenvalue weighted by Gasteiger charge is -2.18. The molecule has 1 heterocycles. The smallest absolute Gasteiger partial charge is 0.311 e. The minimum absolute atomic E-state index is 0.179. The van der Waals surface area contributed by atoms with Crippen LogP contribution in [0, 0.1) is 12.3 Å².